The van der Waals surface area contributed by atoms with E-state index in [0.29, 0.717) is 26.1 Å². The van der Waals surface area contributed by atoms with E-state index in [1.807, 2.05) is 46.3 Å². The van der Waals surface area contributed by atoms with Crippen LogP contribution in [-0.2, 0) is 21.5 Å². The van der Waals surface area contributed by atoms with Gasteiger partial charge >= 0.3 is 0 Å². The number of nitrogens with one attached hydrogen (secondary N) is 1. The lowest BCUT2D eigenvalue weighted by Gasteiger charge is -2.38. The quantitative estimate of drug-likeness (QED) is 0.500. The summed E-state index contributed by atoms with van der Waals surface area (Å²) in [4.78, 5) is 18.6. The summed E-state index contributed by atoms with van der Waals surface area (Å²) in [5, 5.41) is 5.22. The van der Waals surface area contributed by atoms with Crippen molar-refractivity contribution in [2.45, 2.75) is 24.8 Å². The molecule has 0 atom stereocenters. The smallest absolute Gasteiger partial charge is 0.226 e. The molecular weight excluding hydrogens is 413 g/mol. The molecule has 1 fully saturated rings. The molecule has 1 aliphatic rings. The number of hydrogen-bond donors (Lipinski definition) is 1. The zero-order valence-corrected chi connectivity index (χ0v) is 17.7. The van der Waals surface area contributed by atoms with E-state index in [-0.39, 0.29) is 18.1 Å². The van der Waals surface area contributed by atoms with Gasteiger partial charge in [-0.3, -0.25) is 9.20 Å². The normalized spacial score (nSPS) is 15.8. The molecular formula is C24H22FN3O2S. The van der Waals surface area contributed by atoms with Crippen LogP contribution in [0.1, 0.15) is 24.1 Å². The highest BCUT2D eigenvalue weighted by Crippen LogP contribution is 2.32. The molecule has 4 aromatic rings. The summed E-state index contributed by atoms with van der Waals surface area (Å²) in [5.74, 6) is -0.354. The van der Waals surface area contributed by atoms with E-state index in [1.54, 1.807) is 12.1 Å². The van der Waals surface area contributed by atoms with Crippen LogP contribution in [-0.4, -0.2) is 28.5 Å². The van der Waals surface area contributed by atoms with E-state index in [1.165, 1.54) is 23.5 Å². The number of rotatable bonds is 5. The van der Waals surface area contributed by atoms with Crippen molar-refractivity contribution in [2.75, 3.05) is 13.2 Å². The van der Waals surface area contributed by atoms with E-state index < -0.39 is 5.54 Å². The average Bonchev–Trinajstić information content (AvgIpc) is 3.37. The maximum Gasteiger partial charge on any atom is 0.226 e. The van der Waals surface area contributed by atoms with Crippen molar-refractivity contribution in [1.82, 2.24) is 14.7 Å². The number of ether oxygens (including phenoxy) is 1. The number of aromatic nitrogens is 2. The highest BCUT2D eigenvalue weighted by Gasteiger charge is 2.36. The van der Waals surface area contributed by atoms with Gasteiger partial charge < -0.3 is 10.1 Å². The number of nitrogens with zero attached hydrogens (tertiary/aromatic N) is 2. The monoisotopic (exact) mass is 435 g/mol. The third-order valence-electron chi connectivity index (χ3n) is 5.82. The van der Waals surface area contributed by atoms with Gasteiger partial charge in [-0.1, -0.05) is 42.5 Å². The average molecular weight is 436 g/mol. The summed E-state index contributed by atoms with van der Waals surface area (Å²) in [6, 6.07) is 16.4. The van der Waals surface area contributed by atoms with Crippen molar-refractivity contribution >= 4 is 22.2 Å². The maximum atomic E-state index is 13.4. The summed E-state index contributed by atoms with van der Waals surface area (Å²) in [5.41, 5.74) is 3.21. The van der Waals surface area contributed by atoms with Crippen LogP contribution in [0.4, 0.5) is 4.39 Å². The Bertz CT molecular complexity index is 1190. The fourth-order valence-corrected chi connectivity index (χ4v) is 5.03. The minimum atomic E-state index is -0.539. The SMILES string of the molecule is O=C(Cc1csc2nc(-c3ccccc3)cn12)NC1(c2ccc(F)cc2)CCOCC1. The van der Waals surface area contributed by atoms with Crippen LogP contribution >= 0.6 is 11.3 Å². The molecule has 0 unspecified atom stereocenters. The molecule has 0 radical (unpaired) electrons. The number of halogens is 1. The molecule has 158 valence electrons. The van der Waals surface area contributed by atoms with Gasteiger partial charge in [0.05, 0.1) is 17.7 Å². The molecule has 1 aliphatic heterocycles. The standard InChI is InChI=1S/C24H22FN3O2S/c25-19-8-6-18(7-9-19)24(10-12-30-13-11-24)27-22(29)14-20-16-31-23-26-21(15-28(20)23)17-4-2-1-3-5-17/h1-9,15-16H,10-14H2,(H,27,29). The molecule has 1 saturated heterocycles. The molecule has 1 N–H and O–H groups in total. The molecule has 0 spiro atoms. The van der Waals surface area contributed by atoms with Crippen LogP contribution in [0.2, 0.25) is 0 Å². The first-order chi connectivity index (χ1) is 15.1. The summed E-state index contributed by atoms with van der Waals surface area (Å²) >= 11 is 1.52. The number of benzene rings is 2. The molecule has 5 nitrogen and oxygen atoms in total. The summed E-state index contributed by atoms with van der Waals surface area (Å²) in [6.07, 6.45) is 3.54. The fraction of sp³-hybridized carbons (Fsp3) is 0.250. The lowest BCUT2D eigenvalue weighted by atomic mass is 9.82. The Balaban J connectivity index is 1.38. The van der Waals surface area contributed by atoms with Gasteiger partial charge in [-0.05, 0) is 30.5 Å². The van der Waals surface area contributed by atoms with Crippen LogP contribution in [0.5, 0.6) is 0 Å². The summed E-state index contributed by atoms with van der Waals surface area (Å²) in [7, 11) is 0. The van der Waals surface area contributed by atoms with Crippen LogP contribution in [0.3, 0.4) is 0 Å². The van der Waals surface area contributed by atoms with E-state index in [9.17, 15) is 9.18 Å². The molecule has 0 saturated carbocycles. The van der Waals surface area contributed by atoms with Crippen LogP contribution in [0.25, 0.3) is 16.2 Å². The summed E-state index contributed by atoms with van der Waals surface area (Å²) in [6.45, 7) is 1.12. The van der Waals surface area contributed by atoms with E-state index >= 15 is 0 Å². The largest absolute Gasteiger partial charge is 0.381 e. The Morgan fingerprint density at radius 2 is 1.87 bits per heavy atom. The van der Waals surface area contributed by atoms with Gasteiger partial charge in [0.1, 0.15) is 5.82 Å². The number of carbonyl (C=O) groups excluding carboxylic acids is 1. The number of carbonyl (C=O) groups is 1. The van der Waals surface area contributed by atoms with Crippen molar-refractivity contribution < 1.29 is 13.9 Å². The fourth-order valence-electron chi connectivity index (χ4n) is 4.15. The Labute approximate surface area is 183 Å². The molecule has 0 bridgehead atoms. The molecule has 7 heteroatoms. The topological polar surface area (TPSA) is 55.6 Å². The van der Waals surface area contributed by atoms with Gasteiger partial charge in [-0.15, -0.1) is 11.3 Å². The molecule has 1 amide bonds. The van der Waals surface area contributed by atoms with Crippen molar-refractivity contribution in [2.24, 2.45) is 0 Å². The van der Waals surface area contributed by atoms with Gasteiger partial charge in [-0.2, -0.15) is 0 Å². The van der Waals surface area contributed by atoms with Crippen LogP contribution < -0.4 is 5.32 Å². The van der Waals surface area contributed by atoms with Gasteiger partial charge in [0.2, 0.25) is 5.91 Å². The van der Waals surface area contributed by atoms with Crippen LogP contribution in [0.15, 0.2) is 66.2 Å². The van der Waals surface area contributed by atoms with Gasteiger partial charge in [0, 0.05) is 36.0 Å². The minimum absolute atomic E-state index is 0.0686. The summed E-state index contributed by atoms with van der Waals surface area (Å²) < 4.78 is 21.0. The first kappa shape index (κ1) is 19.9. The Morgan fingerprint density at radius 1 is 1.13 bits per heavy atom. The number of amides is 1. The second-order valence-electron chi connectivity index (χ2n) is 7.80. The maximum absolute atomic E-state index is 13.4. The molecule has 0 aliphatic carbocycles. The first-order valence-corrected chi connectivity index (χ1v) is 11.2. The molecule has 5 rings (SSSR count). The third-order valence-corrected chi connectivity index (χ3v) is 6.71. The van der Waals surface area contributed by atoms with E-state index in [2.05, 4.69) is 5.32 Å². The van der Waals surface area contributed by atoms with Crippen molar-refractivity contribution in [3.63, 3.8) is 0 Å². The molecule has 2 aromatic heterocycles. The second-order valence-corrected chi connectivity index (χ2v) is 8.63. The minimum Gasteiger partial charge on any atom is -0.381 e. The Morgan fingerprint density at radius 3 is 2.61 bits per heavy atom. The predicted molar refractivity (Wildman–Crippen MR) is 118 cm³/mol. The van der Waals surface area contributed by atoms with Crippen LogP contribution in [0, 0.1) is 5.82 Å². The number of fused-ring (bicyclic) bond motifs is 1. The van der Waals surface area contributed by atoms with Gasteiger partial charge in [0.25, 0.3) is 0 Å². The van der Waals surface area contributed by atoms with Crippen molar-refractivity contribution in [3.8, 4) is 11.3 Å². The molecule has 2 aromatic carbocycles. The molecule has 3 heterocycles. The zero-order valence-electron chi connectivity index (χ0n) is 16.9. The van der Waals surface area contributed by atoms with Gasteiger partial charge in [-0.25, -0.2) is 9.37 Å². The lowest BCUT2D eigenvalue weighted by Crippen LogP contribution is -2.50. The van der Waals surface area contributed by atoms with E-state index in [4.69, 9.17) is 9.72 Å². The lowest BCUT2D eigenvalue weighted by molar-refractivity contribution is -0.123. The predicted octanol–water partition coefficient (Wildman–Crippen LogP) is 4.57. The van der Waals surface area contributed by atoms with Crippen molar-refractivity contribution in [1.29, 1.82) is 0 Å². The number of imidazole rings is 1. The van der Waals surface area contributed by atoms with Crippen molar-refractivity contribution in [3.05, 3.63) is 83.2 Å². The van der Waals surface area contributed by atoms with Gasteiger partial charge in [0.15, 0.2) is 4.96 Å². The zero-order chi connectivity index (χ0) is 21.3. The van der Waals surface area contributed by atoms with E-state index in [0.717, 1.165) is 27.5 Å². The second kappa shape index (κ2) is 8.24. The number of thiazole rings is 1. The highest BCUT2D eigenvalue weighted by molar-refractivity contribution is 7.15. The third kappa shape index (κ3) is 3.98. The Kier molecular flexibility index (Phi) is 5.29. The first-order valence-electron chi connectivity index (χ1n) is 10.3. The number of hydrogen-bond acceptors (Lipinski definition) is 4. The highest BCUT2D eigenvalue weighted by atomic mass is 32.1. The Hall–Kier alpha value is -3.03. The molecule has 31 heavy (non-hydrogen) atoms.